The summed E-state index contributed by atoms with van der Waals surface area (Å²) in [5, 5.41) is 11.6. The van der Waals surface area contributed by atoms with Crippen LogP contribution >= 0.6 is 0 Å². The van der Waals surface area contributed by atoms with Crippen LogP contribution in [0.3, 0.4) is 0 Å². The Balaban J connectivity index is 1.03. The van der Waals surface area contributed by atoms with Gasteiger partial charge in [0.1, 0.15) is 17.1 Å². The molecule has 49 heavy (non-hydrogen) atoms. The number of hydroxylamine groups is 1. The molecule has 4 aromatic carbocycles. The van der Waals surface area contributed by atoms with E-state index in [9.17, 15) is 9.59 Å². The minimum atomic E-state index is -1.05. The topological polar surface area (TPSA) is 107 Å². The molecule has 0 bridgehead atoms. The normalized spacial score (nSPS) is 13.8. The monoisotopic (exact) mass is 661 g/mol. The molecule has 9 nitrogen and oxygen atoms in total. The van der Waals surface area contributed by atoms with Crippen LogP contribution in [0, 0.1) is 5.82 Å². The van der Waals surface area contributed by atoms with Crippen LogP contribution in [0.1, 0.15) is 60.8 Å². The Bertz CT molecular complexity index is 1750. The number of unbranched alkanes of at least 4 members (excludes halogenated alkanes) is 1. The summed E-state index contributed by atoms with van der Waals surface area (Å²) >= 11 is 0. The van der Waals surface area contributed by atoms with Crippen LogP contribution in [0.5, 0.6) is 0 Å². The summed E-state index contributed by atoms with van der Waals surface area (Å²) in [6.07, 6.45) is 5.59. The molecule has 1 aliphatic carbocycles. The highest BCUT2D eigenvalue weighted by Gasteiger charge is 2.45. The van der Waals surface area contributed by atoms with Gasteiger partial charge in [-0.05, 0) is 54.9 Å². The van der Waals surface area contributed by atoms with E-state index in [0.29, 0.717) is 49.0 Å². The van der Waals surface area contributed by atoms with Crippen molar-refractivity contribution in [2.75, 3.05) is 7.11 Å². The second kappa shape index (κ2) is 15.4. The number of halogens is 1. The van der Waals surface area contributed by atoms with Gasteiger partial charge in [0.15, 0.2) is 5.60 Å². The first-order valence-corrected chi connectivity index (χ1v) is 16.6. The summed E-state index contributed by atoms with van der Waals surface area (Å²) in [6, 6.07) is 34.5. The maximum atomic E-state index is 15.0. The summed E-state index contributed by atoms with van der Waals surface area (Å²) in [5.41, 5.74) is 5.26. The standard InChI is InChI=1S/C39H40FN5O4/c1-48-37(47)38(23-13-24-38)41-27-30-22-21-29(26-34(30)40)35-28-45(44-42-35)25-12-11-20-36(46)43-49-39(31-14-5-2-6-15-31,32-16-7-3-8-17-32)33-18-9-4-10-19-33/h2-10,14-19,21-22,26,28,41H,11-13,20,23-25,27H2,1H3,(H,43,46). The van der Waals surface area contributed by atoms with Crippen molar-refractivity contribution in [1.29, 1.82) is 0 Å². The average Bonchev–Trinajstić information content (AvgIpc) is 3.61. The van der Waals surface area contributed by atoms with Crippen LogP contribution in [0.4, 0.5) is 4.39 Å². The molecule has 1 amide bonds. The highest BCUT2D eigenvalue weighted by Crippen LogP contribution is 2.39. The number of nitrogens with zero attached hydrogens (tertiary/aromatic N) is 3. The molecule has 1 aliphatic rings. The Morgan fingerprint density at radius 3 is 2.02 bits per heavy atom. The summed E-state index contributed by atoms with van der Waals surface area (Å²) < 4.78 is 21.6. The molecule has 0 radical (unpaired) electrons. The van der Waals surface area contributed by atoms with E-state index < -0.39 is 11.1 Å². The second-order valence-corrected chi connectivity index (χ2v) is 12.3. The van der Waals surface area contributed by atoms with Crippen molar-refractivity contribution in [3.05, 3.63) is 143 Å². The van der Waals surface area contributed by atoms with E-state index in [0.717, 1.165) is 23.1 Å². The van der Waals surface area contributed by atoms with E-state index in [4.69, 9.17) is 9.57 Å². The average molecular weight is 662 g/mol. The van der Waals surface area contributed by atoms with Gasteiger partial charge in [0.25, 0.3) is 0 Å². The second-order valence-electron chi connectivity index (χ2n) is 12.3. The minimum Gasteiger partial charge on any atom is -0.468 e. The van der Waals surface area contributed by atoms with Crippen LogP contribution in [0.15, 0.2) is 115 Å². The molecule has 1 heterocycles. The van der Waals surface area contributed by atoms with E-state index in [-0.39, 0.29) is 30.7 Å². The summed E-state index contributed by atoms with van der Waals surface area (Å²) in [7, 11) is 1.37. The van der Waals surface area contributed by atoms with Crippen molar-refractivity contribution >= 4 is 11.9 Å². The van der Waals surface area contributed by atoms with Gasteiger partial charge in [0.2, 0.25) is 5.91 Å². The van der Waals surface area contributed by atoms with Crippen molar-refractivity contribution < 1.29 is 23.6 Å². The van der Waals surface area contributed by atoms with Gasteiger partial charge in [0, 0.05) is 30.6 Å². The number of ether oxygens (including phenoxy) is 1. The first-order chi connectivity index (χ1) is 23.9. The number of amides is 1. The van der Waals surface area contributed by atoms with Crippen molar-refractivity contribution in [1.82, 2.24) is 25.8 Å². The fraction of sp³-hybridized carbons (Fsp3) is 0.282. The van der Waals surface area contributed by atoms with E-state index in [1.54, 1.807) is 23.0 Å². The summed E-state index contributed by atoms with van der Waals surface area (Å²) in [4.78, 5) is 31.7. The van der Waals surface area contributed by atoms with Gasteiger partial charge < -0.3 is 4.74 Å². The molecule has 6 rings (SSSR count). The molecule has 1 saturated carbocycles. The Morgan fingerprint density at radius 2 is 1.49 bits per heavy atom. The molecule has 10 heteroatoms. The largest absolute Gasteiger partial charge is 0.468 e. The van der Waals surface area contributed by atoms with Gasteiger partial charge in [-0.2, -0.15) is 0 Å². The zero-order valence-electron chi connectivity index (χ0n) is 27.5. The number of benzene rings is 4. The summed E-state index contributed by atoms with van der Waals surface area (Å²) in [6.45, 7) is 0.765. The van der Waals surface area contributed by atoms with E-state index >= 15 is 4.39 Å². The molecule has 252 valence electrons. The Labute approximate surface area is 285 Å². The van der Waals surface area contributed by atoms with Crippen molar-refractivity contribution in [2.45, 2.75) is 62.8 Å². The van der Waals surface area contributed by atoms with Gasteiger partial charge in [-0.25, -0.2) is 9.87 Å². The van der Waals surface area contributed by atoms with Crippen LogP contribution in [0.2, 0.25) is 0 Å². The lowest BCUT2D eigenvalue weighted by Crippen LogP contribution is -2.57. The number of nitrogens with one attached hydrogen (secondary N) is 2. The first kappa shape index (κ1) is 33.7. The Morgan fingerprint density at radius 1 is 0.878 bits per heavy atom. The Hall–Kier alpha value is -5.19. The number of hydrogen-bond acceptors (Lipinski definition) is 7. The number of esters is 1. The molecular weight excluding hydrogens is 621 g/mol. The molecule has 2 N–H and O–H groups in total. The lowest BCUT2D eigenvalue weighted by atomic mass is 9.76. The van der Waals surface area contributed by atoms with E-state index in [1.165, 1.54) is 13.2 Å². The zero-order chi connectivity index (χ0) is 34.1. The number of aromatic nitrogens is 3. The molecule has 0 spiro atoms. The molecule has 0 atom stereocenters. The smallest absolute Gasteiger partial charge is 0.326 e. The van der Waals surface area contributed by atoms with E-state index in [2.05, 4.69) is 21.1 Å². The van der Waals surface area contributed by atoms with E-state index in [1.807, 2.05) is 91.0 Å². The third-order valence-corrected chi connectivity index (χ3v) is 9.19. The van der Waals surface area contributed by atoms with Gasteiger partial charge >= 0.3 is 5.97 Å². The van der Waals surface area contributed by atoms with Crippen LogP contribution < -0.4 is 10.8 Å². The fourth-order valence-electron chi connectivity index (χ4n) is 6.27. The highest BCUT2D eigenvalue weighted by atomic mass is 19.1. The third kappa shape index (κ3) is 7.45. The molecule has 5 aromatic rings. The van der Waals surface area contributed by atoms with Crippen molar-refractivity contribution in [3.63, 3.8) is 0 Å². The lowest BCUT2D eigenvalue weighted by molar-refractivity contribution is -0.152. The molecule has 0 unspecified atom stereocenters. The lowest BCUT2D eigenvalue weighted by Gasteiger charge is -2.39. The maximum Gasteiger partial charge on any atom is 0.326 e. The minimum absolute atomic E-state index is 0.221. The predicted octanol–water partition coefficient (Wildman–Crippen LogP) is 6.48. The van der Waals surface area contributed by atoms with Gasteiger partial charge in [-0.15, -0.1) is 5.10 Å². The third-order valence-electron chi connectivity index (χ3n) is 9.19. The van der Waals surface area contributed by atoms with Crippen molar-refractivity contribution in [2.24, 2.45) is 0 Å². The molecule has 0 aliphatic heterocycles. The SMILES string of the molecule is COC(=O)C1(NCc2ccc(-c3cn(CCCCC(=O)NOC(c4ccccc4)(c4ccccc4)c4ccccc4)nn3)cc2F)CCC1. The predicted molar refractivity (Wildman–Crippen MR) is 183 cm³/mol. The zero-order valence-corrected chi connectivity index (χ0v) is 27.5. The first-order valence-electron chi connectivity index (χ1n) is 16.6. The molecule has 1 fully saturated rings. The van der Waals surface area contributed by atoms with Crippen molar-refractivity contribution in [3.8, 4) is 11.3 Å². The van der Waals surface area contributed by atoms with Gasteiger partial charge in [-0.3, -0.25) is 24.4 Å². The molecule has 0 saturated heterocycles. The number of methoxy groups -OCH3 is 1. The maximum absolute atomic E-state index is 15.0. The van der Waals surface area contributed by atoms with Crippen LogP contribution in [-0.4, -0.2) is 39.5 Å². The quantitative estimate of drug-likeness (QED) is 0.0573. The molecular formula is C39H40FN5O4. The number of aryl methyl sites for hydroxylation is 1. The van der Waals surface area contributed by atoms with Crippen LogP contribution in [-0.2, 0) is 37.9 Å². The number of carbonyl (C=O) groups is 2. The van der Waals surface area contributed by atoms with Crippen LogP contribution in [0.25, 0.3) is 11.3 Å². The number of rotatable bonds is 15. The fourth-order valence-corrected chi connectivity index (χ4v) is 6.27. The summed E-state index contributed by atoms with van der Waals surface area (Å²) in [5.74, 6) is -0.924. The highest BCUT2D eigenvalue weighted by molar-refractivity contribution is 5.82. The molecule has 1 aromatic heterocycles. The number of hydrogen-bond donors (Lipinski definition) is 2. The number of carbonyl (C=O) groups excluding carboxylic acids is 2. The Kier molecular flexibility index (Phi) is 10.6. The van der Waals surface area contributed by atoms with Gasteiger partial charge in [0.05, 0.1) is 13.3 Å². The van der Waals surface area contributed by atoms with Gasteiger partial charge in [-0.1, -0.05) is 108 Å².